The molecule has 2 aromatic rings. The molecule has 0 aliphatic carbocycles. The molecule has 0 saturated heterocycles. The number of carbonyl (C=O) groups is 1. The molecule has 6 nitrogen and oxygen atoms in total. The second-order valence-electron chi connectivity index (χ2n) is 16.5. The number of benzene rings is 2. The van der Waals surface area contributed by atoms with Crippen molar-refractivity contribution in [2.24, 2.45) is 0 Å². The lowest BCUT2D eigenvalue weighted by Crippen LogP contribution is -2.44. The normalized spacial score (nSPS) is 14.2. The van der Waals surface area contributed by atoms with E-state index in [1.165, 1.54) is 0 Å². The highest BCUT2D eigenvalue weighted by atomic mass is 16.4. The van der Waals surface area contributed by atoms with Crippen molar-refractivity contribution < 1.29 is 30.3 Å². The molecule has 0 amide bonds. The van der Waals surface area contributed by atoms with Crippen molar-refractivity contribution in [3.8, 4) is 11.5 Å². The molecule has 0 heterocycles. The van der Waals surface area contributed by atoms with Crippen molar-refractivity contribution in [1.29, 1.82) is 0 Å². The molecule has 0 saturated carbocycles. The number of aliphatic hydroxyl groups is 2. The van der Waals surface area contributed by atoms with Crippen molar-refractivity contribution in [1.82, 2.24) is 0 Å². The van der Waals surface area contributed by atoms with Crippen LogP contribution < -0.4 is 0 Å². The molecule has 0 bridgehead atoms. The SMILES string of the molecule is CC(C)(C)c1cc(C(CC(=O)O)(c2cc(C(C)(C)C)c(O)c(C(C)(C)C)c2)C(O)CCCCCO)cc(C(C)(C)C)c1O. The molecule has 1 unspecified atom stereocenters. The Labute approximate surface area is 260 Å². The highest BCUT2D eigenvalue weighted by Crippen LogP contribution is 2.50. The van der Waals surface area contributed by atoms with Crippen molar-refractivity contribution in [3.63, 3.8) is 0 Å². The Balaban J connectivity index is 3.25. The van der Waals surface area contributed by atoms with Crippen LogP contribution in [0.25, 0.3) is 0 Å². The fourth-order valence-corrected chi connectivity index (χ4v) is 6.06. The molecule has 5 N–H and O–H groups in total. The number of carboxylic acids is 1. The van der Waals surface area contributed by atoms with Gasteiger partial charge in [-0.2, -0.15) is 0 Å². The number of hydrogen-bond donors (Lipinski definition) is 5. The molecular weight excluding hydrogens is 540 g/mol. The highest BCUT2D eigenvalue weighted by Gasteiger charge is 2.46. The highest BCUT2D eigenvalue weighted by molar-refractivity contribution is 5.72. The lowest BCUT2D eigenvalue weighted by Gasteiger charge is -2.42. The predicted octanol–water partition coefficient (Wildman–Crippen LogP) is 7.96. The maximum absolute atomic E-state index is 12.9. The summed E-state index contributed by atoms with van der Waals surface area (Å²) in [4.78, 5) is 12.9. The molecule has 0 aliphatic rings. The van der Waals surface area contributed by atoms with Gasteiger partial charge < -0.3 is 25.5 Å². The van der Waals surface area contributed by atoms with E-state index in [1.54, 1.807) is 0 Å². The first-order chi connectivity index (χ1) is 19.4. The van der Waals surface area contributed by atoms with Gasteiger partial charge in [0.15, 0.2) is 0 Å². The van der Waals surface area contributed by atoms with E-state index in [9.17, 15) is 30.3 Å². The van der Waals surface area contributed by atoms with Crippen LogP contribution in [0.2, 0.25) is 0 Å². The number of rotatable bonds is 10. The molecule has 2 aromatic carbocycles. The largest absolute Gasteiger partial charge is 0.507 e. The van der Waals surface area contributed by atoms with Gasteiger partial charge in [-0.05, 0) is 67.9 Å². The summed E-state index contributed by atoms with van der Waals surface area (Å²) < 4.78 is 0. The minimum atomic E-state index is -1.40. The van der Waals surface area contributed by atoms with Gasteiger partial charge in [0, 0.05) is 6.61 Å². The van der Waals surface area contributed by atoms with Gasteiger partial charge >= 0.3 is 5.97 Å². The van der Waals surface area contributed by atoms with Gasteiger partial charge in [-0.1, -0.05) is 120 Å². The summed E-state index contributed by atoms with van der Waals surface area (Å²) in [6, 6.07) is 7.52. The van der Waals surface area contributed by atoms with Gasteiger partial charge in [0.2, 0.25) is 0 Å². The van der Waals surface area contributed by atoms with Gasteiger partial charge in [-0.15, -0.1) is 0 Å². The van der Waals surface area contributed by atoms with E-state index in [2.05, 4.69) is 0 Å². The Bertz CT molecular complexity index is 1130. The number of aromatic hydroxyl groups is 2. The number of aliphatic carboxylic acids is 1. The quantitative estimate of drug-likeness (QED) is 0.177. The molecule has 0 fully saturated rings. The van der Waals surface area contributed by atoms with E-state index in [4.69, 9.17) is 0 Å². The summed E-state index contributed by atoms with van der Waals surface area (Å²) in [6.07, 6.45) is 0.739. The Morgan fingerprint density at radius 1 is 0.628 bits per heavy atom. The average Bonchev–Trinajstić information content (AvgIpc) is 2.82. The Morgan fingerprint density at radius 2 is 0.953 bits per heavy atom. The summed E-state index contributed by atoms with van der Waals surface area (Å²) in [5.41, 5.74) is 0.716. The van der Waals surface area contributed by atoms with E-state index >= 15 is 0 Å². The maximum atomic E-state index is 12.9. The number of carboxylic acid groups (broad SMARTS) is 1. The number of phenolic OH excluding ortho intramolecular Hbond substituents is 2. The Kier molecular flexibility index (Phi) is 10.9. The minimum Gasteiger partial charge on any atom is -0.507 e. The third-order valence-corrected chi connectivity index (χ3v) is 8.62. The zero-order chi connectivity index (χ0) is 33.3. The third kappa shape index (κ3) is 8.13. The molecule has 1 atom stereocenters. The Morgan fingerprint density at radius 3 is 1.21 bits per heavy atom. The molecule has 242 valence electrons. The van der Waals surface area contributed by atoms with Crippen LogP contribution >= 0.6 is 0 Å². The van der Waals surface area contributed by atoms with Crippen molar-refractivity contribution in [2.45, 2.75) is 148 Å². The zero-order valence-electron chi connectivity index (χ0n) is 28.8. The maximum Gasteiger partial charge on any atom is 0.304 e. The molecule has 0 radical (unpaired) electrons. The molecule has 0 spiro atoms. The monoisotopic (exact) mass is 598 g/mol. The molecule has 0 aliphatic heterocycles. The first kappa shape index (κ1) is 36.6. The smallest absolute Gasteiger partial charge is 0.304 e. The first-order valence-electron chi connectivity index (χ1n) is 15.7. The third-order valence-electron chi connectivity index (χ3n) is 8.62. The summed E-state index contributed by atoms with van der Waals surface area (Å²) in [7, 11) is 0. The fraction of sp³-hybridized carbons (Fsp3) is 0.649. The van der Waals surface area contributed by atoms with Crippen LogP contribution in [-0.2, 0) is 31.9 Å². The van der Waals surface area contributed by atoms with Crippen LogP contribution in [0.1, 0.15) is 149 Å². The van der Waals surface area contributed by atoms with Crippen LogP contribution in [0, 0.1) is 0 Å². The second kappa shape index (κ2) is 12.8. The van der Waals surface area contributed by atoms with Gasteiger partial charge in [0.25, 0.3) is 0 Å². The molecular formula is C37H58O6. The molecule has 6 heteroatoms. The molecule has 0 aromatic heterocycles. The minimum absolute atomic E-state index is 0.0556. The van der Waals surface area contributed by atoms with Crippen molar-refractivity contribution in [3.05, 3.63) is 57.6 Å². The summed E-state index contributed by atoms with van der Waals surface area (Å²) >= 11 is 0. The van der Waals surface area contributed by atoms with Crippen LogP contribution in [0.15, 0.2) is 24.3 Å². The summed E-state index contributed by atoms with van der Waals surface area (Å²) in [5.74, 6) is -0.691. The van der Waals surface area contributed by atoms with Gasteiger partial charge in [0.1, 0.15) is 11.5 Å². The summed E-state index contributed by atoms with van der Waals surface area (Å²) in [6.45, 7) is 24.2. The number of aliphatic hydroxyl groups excluding tert-OH is 2. The molecule has 43 heavy (non-hydrogen) atoms. The topological polar surface area (TPSA) is 118 Å². The van der Waals surface area contributed by atoms with E-state index in [-0.39, 0.29) is 24.5 Å². The van der Waals surface area contributed by atoms with E-state index in [1.807, 2.05) is 107 Å². The lowest BCUT2D eigenvalue weighted by molar-refractivity contribution is -0.139. The summed E-state index contributed by atoms with van der Waals surface area (Å²) in [5, 5.41) is 55.2. The van der Waals surface area contributed by atoms with Crippen molar-refractivity contribution >= 4 is 5.97 Å². The van der Waals surface area contributed by atoms with Gasteiger partial charge in [0.05, 0.1) is 17.9 Å². The van der Waals surface area contributed by atoms with Gasteiger partial charge in [-0.3, -0.25) is 4.79 Å². The van der Waals surface area contributed by atoms with E-state index in [0.29, 0.717) is 59.1 Å². The van der Waals surface area contributed by atoms with Crippen LogP contribution in [-0.4, -0.2) is 44.2 Å². The molecule has 2 rings (SSSR count). The van der Waals surface area contributed by atoms with E-state index in [0.717, 1.165) is 0 Å². The lowest BCUT2D eigenvalue weighted by atomic mass is 9.63. The number of phenols is 2. The second-order valence-corrected chi connectivity index (χ2v) is 16.5. The number of unbranched alkanes of at least 4 members (excludes halogenated alkanes) is 2. The number of hydrogen-bond acceptors (Lipinski definition) is 5. The van der Waals surface area contributed by atoms with Gasteiger partial charge in [-0.25, -0.2) is 0 Å². The van der Waals surface area contributed by atoms with Crippen molar-refractivity contribution in [2.75, 3.05) is 6.61 Å². The zero-order valence-corrected chi connectivity index (χ0v) is 28.8. The average molecular weight is 599 g/mol. The van der Waals surface area contributed by atoms with E-state index < -0.39 is 39.1 Å². The first-order valence-corrected chi connectivity index (χ1v) is 15.7. The standard InChI is InChI=1S/C37H58O6/c1-33(2,3)25-18-23(19-26(31(25)42)34(4,5)6)37(22-30(40)41,29(39)16-14-13-15-17-38)24-20-27(35(7,8)9)32(43)28(21-24)36(10,11)12/h18-21,29,38-39,42-43H,13-17,22H2,1-12H3,(H,40,41). The van der Waals surface area contributed by atoms with Crippen LogP contribution in [0.4, 0.5) is 0 Å². The predicted molar refractivity (Wildman–Crippen MR) is 176 cm³/mol. The fourth-order valence-electron chi connectivity index (χ4n) is 6.06. The van der Waals surface area contributed by atoms with Crippen LogP contribution in [0.3, 0.4) is 0 Å². The van der Waals surface area contributed by atoms with Crippen LogP contribution in [0.5, 0.6) is 11.5 Å². The Hall–Kier alpha value is -2.57.